The van der Waals surface area contributed by atoms with E-state index in [1.807, 2.05) is 32.0 Å². The van der Waals surface area contributed by atoms with Crippen molar-refractivity contribution < 1.29 is 4.79 Å². The molecule has 0 spiro atoms. The lowest BCUT2D eigenvalue weighted by Crippen LogP contribution is -2.23. The molecule has 1 aromatic heterocycles. The number of thiophene rings is 1. The number of hydrogen-bond acceptors (Lipinski definition) is 3. The van der Waals surface area contributed by atoms with E-state index in [0.29, 0.717) is 17.1 Å². The molecule has 0 atom stereocenters. The molecule has 0 fully saturated rings. The fraction of sp³-hybridized carbons (Fsp3) is 0.308. The Hall–Kier alpha value is -1.55. The molecule has 17 heavy (non-hydrogen) atoms. The van der Waals surface area contributed by atoms with Crippen LogP contribution < -0.4 is 11.1 Å². The number of hydrogen-bond donors (Lipinski definition) is 2. The van der Waals surface area contributed by atoms with Gasteiger partial charge in [0.2, 0.25) is 0 Å². The molecule has 2 aromatic rings. The van der Waals surface area contributed by atoms with Crippen LogP contribution in [0.2, 0.25) is 0 Å². The summed E-state index contributed by atoms with van der Waals surface area (Å²) in [6.45, 7) is 4.75. The molecular formula is C13H16N2OS. The lowest BCUT2D eigenvalue weighted by molar-refractivity contribution is 0.0958. The third kappa shape index (κ3) is 2.13. The summed E-state index contributed by atoms with van der Waals surface area (Å²) < 4.78 is 1.10. The molecule has 1 amide bonds. The molecule has 0 aliphatic carbocycles. The Bertz CT molecular complexity index is 560. The summed E-state index contributed by atoms with van der Waals surface area (Å²) in [4.78, 5) is 12.6. The van der Waals surface area contributed by atoms with E-state index in [0.717, 1.165) is 22.1 Å². The quantitative estimate of drug-likeness (QED) is 0.877. The fourth-order valence-corrected chi connectivity index (χ4v) is 2.87. The summed E-state index contributed by atoms with van der Waals surface area (Å²) in [5.41, 5.74) is 7.79. The van der Waals surface area contributed by atoms with E-state index in [1.54, 1.807) is 0 Å². The largest absolute Gasteiger partial charge is 0.397 e. The zero-order valence-corrected chi connectivity index (χ0v) is 10.9. The summed E-state index contributed by atoms with van der Waals surface area (Å²) >= 11 is 1.47. The molecule has 0 aliphatic heterocycles. The van der Waals surface area contributed by atoms with Crippen molar-refractivity contribution in [1.29, 1.82) is 0 Å². The smallest absolute Gasteiger partial charge is 0.263 e. The van der Waals surface area contributed by atoms with Gasteiger partial charge in [-0.2, -0.15) is 0 Å². The highest BCUT2D eigenvalue weighted by atomic mass is 32.1. The van der Waals surface area contributed by atoms with Gasteiger partial charge in [-0.15, -0.1) is 11.3 Å². The van der Waals surface area contributed by atoms with E-state index < -0.39 is 0 Å². The summed E-state index contributed by atoms with van der Waals surface area (Å²) in [5.74, 6) is -0.0649. The molecule has 3 nitrogen and oxygen atoms in total. The Balaban J connectivity index is 2.45. The second-order valence-corrected chi connectivity index (χ2v) is 5.07. The minimum absolute atomic E-state index is 0.0649. The van der Waals surface area contributed by atoms with Gasteiger partial charge in [-0.05, 0) is 18.9 Å². The van der Waals surface area contributed by atoms with Crippen LogP contribution >= 0.6 is 11.3 Å². The van der Waals surface area contributed by atoms with E-state index in [9.17, 15) is 4.79 Å². The van der Waals surface area contributed by atoms with Crippen LogP contribution in [0.1, 0.15) is 28.6 Å². The number of fused-ring (bicyclic) bond motifs is 1. The molecule has 0 saturated heterocycles. The molecule has 4 heteroatoms. The van der Waals surface area contributed by atoms with Gasteiger partial charge in [0.25, 0.3) is 5.91 Å². The van der Waals surface area contributed by atoms with Crippen molar-refractivity contribution in [3.63, 3.8) is 0 Å². The number of carbonyl (C=O) groups excluding carboxylic acids is 1. The van der Waals surface area contributed by atoms with Crippen molar-refractivity contribution in [1.82, 2.24) is 5.32 Å². The summed E-state index contributed by atoms with van der Waals surface area (Å²) in [6.07, 6.45) is 0.926. The number of rotatable bonds is 3. The molecule has 0 bridgehead atoms. The SMILES string of the molecule is CCCNC(=O)c1sc2c(C)cccc2c1N. The summed E-state index contributed by atoms with van der Waals surface area (Å²) in [7, 11) is 0. The highest BCUT2D eigenvalue weighted by molar-refractivity contribution is 7.21. The number of nitrogens with one attached hydrogen (secondary N) is 1. The number of amides is 1. The maximum absolute atomic E-state index is 11.9. The van der Waals surface area contributed by atoms with Crippen LogP contribution in [0.5, 0.6) is 0 Å². The second-order valence-electron chi connectivity index (χ2n) is 4.05. The van der Waals surface area contributed by atoms with E-state index in [4.69, 9.17) is 5.73 Å². The molecule has 2 rings (SSSR count). The van der Waals surface area contributed by atoms with Crippen LogP contribution in [-0.2, 0) is 0 Å². The summed E-state index contributed by atoms with van der Waals surface area (Å²) in [6, 6.07) is 5.96. The molecule has 0 radical (unpaired) electrons. The first-order chi connectivity index (χ1) is 8.15. The number of benzene rings is 1. The number of nitrogen functional groups attached to an aromatic ring is 1. The van der Waals surface area contributed by atoms with E-state index >= 15 is 0 Å². The van der Waals surface area contributed by atoms with Crippen molar-refractivity contribution in [3.8, 4) is 0 Å². The molecule has 1 aromatic carbocycles. The minimum Gasteiger partial charge on any atom is -0.397 e. The lowest BCUT2D eigenvalue weighted by Gasteiger charge is -2.01. The molecule has 90 valence electrons. The zero-order valence-electron chi connectivity index (χ0n) is 10.0. The molecule has 0 unspecified atom stereocenters. The third-order valence-corrected chi connectivity index (χ3v) is 4.05. The molecule has 0 aliphatic rings. The normalized spacial score (nSPS) is 10.7. The van der Waals surface area contributed by atoms with Crippen molar-refractivity contribution in [3.05, 3.63) is 28.6 Å². The Kier molecular flexibility index (Phi) is 3.33. The third-order valence-electron chi connectivity index (χ3n) is 2.69. The van der Waals surface area contributed by atoms with Crippen molar-refractivity contribution in [2.45, 2.75) is 20.3 Å². The first-order valence-corrected chi connectivity index (χ1v) is 6.52. The van der Waals surface area contributed by atoms with Gasteiger partial charge in [0.15, 0.2) is 0 Å². The topological polar surface area (TPSA) is 55.1 Å². The van der Waals surface area contributed by atoms with Gasteiger partial charge in [-0.1, -0.05) is 25.1 Å². The number of anilines is 1. The fourth-order valence-electron chi connectivity index (χ4n) is 1.77. The van der Waals surface area contributed by atoms with Gasteiger partial charge in [0.1, 0.15) is 4.88 Å². The van der Waals surface area contributed by atoms with Gasteiger partial charge in [0, 0.05) is 16.6 Å². The Labute approximate surface area is 105 Å². The summed E-state index contributed by atoms with van der Waals surface area (Å²) in [5, 5.41) is 3.84. The van der Waals surface area contributed by atoms with Crippen LogP contribution in [0.15, 0.2) is 18.2 Å². The number of aryl methyl sites for hydroxylation is 1. The molecular weight excluding hydrogens is 232 g/mol. The van der Waals surface area contributed by atoms with E-state index in [-0.39, 0.29) is 5.91 Å². The minimum atomic E-state index is -0.0649. The Morgan fingerprint density at radius 1 is 1.47 bits per heavy atom. The van der Waals surface area contributed by atoms with Crippen molar-refractivity contribution in [2.75, 3.05) is 12.3 Å². The van der Waals surface area contributed by atoms with Crippen LogP contribution in [-0.4, -0.2) is 12.5 Å². The first-order valence-electron chi connectivity index (χ1n) is 5.71. The molecule has 3 N–H and O–H groups in total. The number of carbonyl (C=O) groups is 1. The van der Waals surface area contributed by atoms with Gasteiger partial charge < -0.3 is 11.1 Å². The van der Waals surface area contributed by atoms with Crippen LogP contribution in [0.4, 0.5) is 5.69 Å². The predicted octanol–water partition coefficient (Wildman–Crippen LogP) is 2.93. The van der Waals surface area contributed by atoms with Crippen LogP contribution in [0.25, 0.3) is 10.1 Å². The molecule has 1 heterocycles. The monoisotopic (exact) mass is 248 g/mol. The van der Waals surface area contributed by atoms with Gasteiger partial charge in [-0.3, -0.25) is 4.79 Å². The maximum atomic E-state index is 11.9. The highest BCUT2D eigenvalue weighted by Crippen LogP contribution is 2.35. The predicted molar refractivity (Wildman–Crippen MR) is 73.6 cm³/mol. The standard InChI is InChI=1S/C13H16N2OS/c1-3-7-15-13(16)12-10(14)9-6-4-5-8(2)11(9)17-12/h4-6H,3,7,14H2,1-2H3,(H,15,16). The maximum Gasteiger partial charge on any atom is 0.263 e. The van der Waals surface area contributed by atoms with Gasteiger partial charge in [-0.25, -0.2) is 0 Å². The van der Waals surface area contributed by atoms with Crippen LogP contribution in [0, 0.1) is 6.92 Å². The van der Waals surface area contributed by atoms with E-state index in [1.165, 1.54) is 11.3 Å². The van der Waals surface area contributed by atoms with Crippen molar-refractivity contribution >= 4 is 33.0 Å². The highest BCUT2D eigenvalue weighted by Gasteiger charge is 2.16. The van der Waals surface area contributed by atoms with Gasteiger partial charge >= 0.3 is 0 Å². The van der Waals surface area contributed by atoms with E-state index in [2.05, 4.69) is 5.32 Å². The average molecular weight is 248 g/mol. The average Bonchev–Trinajstić information content (AvgIpc) is 2.66. The second kappa shape index (κ2) is 4.75. The molecule has 0 saturated carbocycles. The zero-order chi connectivity index (χ0) is 12.4. The van der Waals surface area contributed by atoms with Gasteiger partial charge in [0.05, 0.1) is 5.69 Å². The van der Waals surface area contributed by atoms with Crippen LogP contribution in [0.3, 0.4) is 0 Å². The number of nitrogens with two attached hydrogens (primary N) is 1. The van der Waals surface area contributed by atoms with Crippen molar-refractivity contribution in [2.24, 2.45) is 0 Å². The lowest BCUT2D eigenvalue weighted by atomic mass is 10.1. The Morgan fingerprint density at radius 2 is 2.24 bits per heavy atom. The Morgan fingerprint density at radius 3 is 2.88 bits per heavy atom. The first kappa shape index (κ1) is 11.9.